The Morgan fingerprint density at radius 2 is 1.29 bits per heavy atom. The van der Waals surface area contributed by atoms with Crippen molar-refractivity contribution in [1.82, 2.24) is 19.1 Å². The molecule has 28 heavy (non-hydrogen) atoms. The normalized spacial score (nSPS) is 10.1. The minimum Gasteiger partial charge on any atom is -0.340 e. The third-order valence-electron chi connectivity index (χ3n) is 4.20. The molecule has 140 valence electrons. The quantitative estimate of drug-likeness (QED) is 0.598. The van der Waals surface area contributed by atoms with Gasteiger partial charge in [0.1, 0.15) is 0 Å². The second-order valence-corrected chi connectivity index (χ2v) is 6.44. The summed E-state index contributed by atoms with van der Waals surface area (Å²) in [6, 6.07) is 17.6. The zero-order chi connectivity index (χ0) is 19.9. The molecule has 0 saturated carbocycles. The maximum atomic E-state index is 8.63. The number of aryl methyl sites for hydroxylation is 2. The van der Waals surface area contributed by atoms with Crippen molar-refractivity contribution >= 4 is 0 Å². The van der Waals surface area contributed by atoms with Crippen LogP contribution in [0.4, 0.5) is 0 Å². The second-order valence-electron chi connectivity index (χ2n) is 6.44. The van der Waals surface area contributed by atoms with E-state index in [1.54, 1.807) is 24.8 Å². The Morgan fingerprint density at radius 1 is 0.821 bits per heavy atom. The number of hydrogen-bond acceptors (Lipinski definition) is 4. The lowest BCUT2D eigenvalue weighted by atomic mass is 10.1. The molecular weight excluding hydrogens is 348 g/mol. The van der Waals surface area contributed by atoms with Crippen molar-refractivity contribution in [3.63, 3.8) is 0 Å². The Balaban J connectivity index is 0.000000161. The highest BCUT2D eigenvalue weighted by Crippen LogP contribution is 2.17. The fourth-order valence-electron chi connectivity index (χ4n) is 2.65. The molecule has 4 aromatic rings. The van der Waals surface area contributed by atoms with E-state index in [1.165, 1.54) is 0 Å². The van der Waals surface area contributed by atoms with Crippen LogP contribution in [0, 0.1) is 11.3 Å². The summed E-state index contributed by atoms with van der Waals surface area (Å²) in [6.07, 6.45) is 7.50. The number of hydrogen-bond donors (Lipinski definition) is 1. The molecule has 2 N–H and O–H groups in total. The molecule has 6 heteroatoms. The van der Waals surface area contributed by atoms with Gasteiger partial charge in [-0.05, 0) is 17.7 Å². The van der Waals surface area contributed by atoms with Crippen molar-refractivity contribution in [2.45, 2.75) is 6.54 Å². The molecule has 0 aliphatic carbocycles. The summed E-state index contributed by atoms with van der Waals surface area (Å²) >= 11 is 0. The number of nitrogens with zero attached hydrogens (tertiary/aromatic N) is 5. The number of aromatic nitrogens is 4. The smallest absolute Gasteiger partial charge is 0.0991 e. The molecule has 0 amide bonds. The van der Waals surface area contributed by atoms with Crippen LogP contribution in [0.1, 0.15) is 11.1 Å². The van der Waals surface area contributed by atoms with Crippen molar-refractivity contribution < 1.29 is 0 Å². The first-order valence-electron chi connectivity index (χ1n) is 8.85. The van der Waals surface area contributed by atoms with Crippen molar-refractivity contribution in [1.29, 1.82) is 5.26 Å². The van der Waals surface area contributed by atoms with Crippen LogP contribution in [0.2, 0.25) is 0 Å². The number of nitrogens with two attached hydrogens (primary N) is 1. The molecule has 0 fully saturated rings. The average Bonchev–Trinajstić information content (AvgIpc) is 3.37. The van der Waals surface area contributed by atoms with Gasteiger partial charge in [0.15, 0.2) is 0 Å². The van der Waals surface area contributed by atoms with Gasteiger partial charge in [-0.3, -0.25) is 0 Å². The maximum Gasteiger partial charge on any atom is 0.0991 e. The third kappa shape index (κ3) is 4.72. The van der Waals surface area contributed by atoms with E-state index in [-0.39, 0.29) is 0 Å². The summed E-state index contributed by atoms with van der Waals surface area (Å²) in [6.45, 7) is 0.586. The SMILES string of the molecule is Cn1cnc(-c2ccc(C#N)cc2)c1.Cn1cnc(-c2ccc(CN)cc2)c1. The lowest BCUT2D eigenvalue weighted by molar-refractivity contribution is 0.913. The summed E-state index contributed by atoms with van der Waals surface area (Å²) in [5.74, 6) is 0. The van der Waals surface area contributed by atoms with Crippen LogP contribution in [0.3, 0.4) is 0 Å². The van der Waals surface area contributed by atoms with Crippen molar-refractivity contribution in [3.05, 3.63) is 84.7 Å². The van der Waals surface area contributed by atoms with E-state index >= 15 is 0 Å². The first-order valence-corrected chi connectivity index (χ1v) is 8.85. The molecule has 2 heterocycles. The molecular formula is C22H22N6. The van der Waals surface area contributed by atoms with E-state index in [2.05, 4.69) is 16.0 Å². The van der Waals surface area contributed by atoms with E-state index in [9.17, 15) is 0 Å². The zero-order valence-corrected chi connectivity index (χ0v) is 15.9. The van der Waals surface area contributed by atoms with E-state index in [4.69, 9.17) is 11.0 Å². The summed E-state index contributed by atoms with van der Waals surface area (Å²) in [5.41, 5.74) is 11.4. The topological polar surface area (TPSA) is 85.5 Å². The fourth-order valence-corrected chi connectivity index (χ4v) is 2.65. The highest BCUT2D eigenvalue weighted by Gasteiger charge is 2.00. The first-order chi connectivity index (χ1) is 13.6. The molecule has 0 radical (unpaired) electrons. The van der Waals surface area contributed by atoms with Crippen molar-refractivity contribution in [2.75, 3.05) is 0 Å². The minimum atomic E-state index is 0.586. The van der Waals surface area contributed by atoms with Crippen LogP contribution < -0.4 is 5.73 Å². The standard InChI is InChI=1S/C11H13N3.C11H9N3/c2*1-14-7-11(13-8-14)10-4-2-9(6-12)3-5-10/h2-5,7-8H,6,12H2,1H3;2-5,7-8H,1H3. The molecule has 2 aromatic heterocycles. The van der Waals surface area contributed by atoms with E-state index in [0.717, 1.165) is 28.1 Å². The molecule has 0 saturated heterocycles. The maximum absolute atomic E-state index is 8.63. The molecule has 2 aromatic carbocycles. The average molecular weight is 370 g/mol. The number of rotatable bonds is 3. The molecule has 0 unspecified atom stereocenters. The Kier molecular flexibility index (Phi) is 6.00. The molecule has 0 aliphatic heterocycles. The Morgan fingerprint density at radius 3 is 1.64 bits per heavy atom. The van der Waals surface area contributed by atoms with Gasteiger partial charge in [-0.15, -0.1) is 0 Å². The van der Waals surface area contributed by atoms with E-state index < -0.39 is 0 Å². The largest absolute Gasteiger partial charge is 0.340 e. The van der Waals surface area contributed by atoms with E-state index in [1.807, 2.05) is 72.0 Å². The number of imidazole rings is 2. The van der Waals surface area contributed by atoms with Gasteiger partial charge in [-0.1, -0.05) is 36.4 Å². The molecule has 0 aliphatic rings. The number of benzene rings is 2. The summed E-state index contributed by atoms with van der Waals surface area (Å²) in [5, 5.41) is 8.63. The van der Waals surface area contributed by atoms with E-state index in [0.29, 0.717) is 12.1 Å². The summed E-state index contributed by atoms with van der Waals surface area (Å²) in [7, 11) is 3.89. The molecule has 0 spiro atoms. The molecule has 0 atom stereocenters. The van der Waals surface area contributed by atoms with Gasteiger partial charge in [0.25, 0.3) is 0 Å². The van der Waals surface area contributed by atoms with Crippen molar-refractivity contribution in [2.24, 2.45) is 19.8 Å². The van der Waals surface area contributed by atoms with Crippen LogP contribution in [-0.2, 0) is 20.6 Å². The van der Waals surface area contributed by atoms with Crippen LogP contribution in [0.5, 0.6) is 0 Å². The Bertz CT molecular complexity index is 1070. The van der Waals surface area contributed by atoms with Gasteiger partial charge >= 0.3 is 0 Å². The van der Waals surface area contributed by atoms with Gasteiger partial charge in [-0.2, -0.15) is 5.26 Å². The van der Waals surface area contributed by atoms with Gasteiger partial charge < -0.3 is 14.9 Å². The lowest BCUT2D eigenvalue weighted by Crippen LogP contribution is -1.95. The zero-order valence-electron chi connectivity index (χ0n) is 15.9. The fraction of sp³-hybridized carbons (Fsp3) is 0.136. The second kappa shape index (κ2) is 8.80. The van der Waals surface area contributed by atoms with Gasteiger partial charge in [0, 0.05) is 44.2 Å². The Hall–Kier alpha value is -3.69. The summed E-state index contributed by atoms with van der Waals surface area (Å²) < 4.78 is 3.83. The molecule has 6 nitrogen and oxygen atoms in total. The third-order valence-corrected chi connectivity index (χ3v) is 4.20. The van der Waals surface area contributed by atoms with Crippen LogP contribution in [0.25, 0.3) is 22.5 Å². The predicted molar refractivity (Wildman–Crippen MR) is 110 cm³/mol. The highest BCUT2D eigenvalue weighted by molar-refractivity contribution is 5.59. The minimum absolute atomic E-state index is 0.586. The first kappa shape index (κ1) is 19.1. The van der Waals surface area contributed by atoms with Crippen LogP contribution in [0.15, 0.2) is 73.6 Å². The monoisotopic (exact) mass is 370 g/mol. The summed E-state index contributed by atoms with van der Waals surface area (Å²) in [4.78, 5) is 8.49. The Labute approximate surface area is 164 Å². The highest BCUT2D eigenvalue weighted by atomic mass is 15.0. The predicted octanol–water partition coefficient (Wildman–Crippen LogP) is 3.50. The van der Waals surface area contributed by atoms with Crippen LogP contribution in [-0.4, -0.2) is 19.1 Å². The van der Waals surface area contributed by atoms with Crippen molar-refractivity contribution in [3.8, 4) is 28.6 Å². The van der Waals surface area contributed by atoms with Gasteiger partial charge in [0.2, 0.25) is 0 Å². The van der Waals surface area contributed by atoms with Gasteiger partial charge in [0.05, 0.1) is 35.7 Å². The van der Waals surface area contributed by atoms with Crippen LogP contribution >= 0.6 is 0 Å². The number of nitriles is 1. The lowest BCUT2D eigenvalue weighted by Gasteiger charge is -1.98. The molecule has 4 rings (SSSR count). The molecule has 0 bridgehead atoms. The van der Waals surface area contributed by atoms with Gasteiger partial charge in [-0.25, -0.2) is 9.97 Å².